The summed E-state index contributed by atoms with van der Waals surface area (Å²) in [4.78, 5) is 14.1. The molecule has 0 aromatic heterocycles. The van der Waals surface area contributed by atoms with Crippen LogP contribution < -0.4 is 5.32 Å². The van der Waals surface area contributed by atoms with Crippen LogP contribution in [0, 0.1) is 6.92 Å². The number of amides is 1. The third-order valence-corrected chi connectivity index (χ3v) is 3.58. The van der Waals surface area contributed by atoms with E-state index < -0.39 is 6.23 Å². The molecule has 2 atom stereocenters. The quantitative estimate of drug-likeness (QED) is 0.789. The minimum absolute atomic E-state index is 0.0230. The van der Waals surface area contributed by atoms with E-state index in [0.717, 1.165) is 23.1 Å². The fraction of sp³-hybridized carbons (Fsp3) is 0.500. The Labute approximate surface area is 108 Å². The first-order chi connectivity index (χ1) is 8.58. The second-order valence-electron chi connectivity index (χ2n) is 4.80. The van der Waals surface area contributed by atoms with Gasteiger partial charge in [0.15, 0.2) is 0 Å². The predicted octanol–water partition coefficient (Wildman–Crippen LogP) is 1.27. The van der Waals surface area contributed by atoms with Crippen molar-refractivity contribution in [2.75, 3.05) is 7.05 Å². The lowest BCUT2D eigenvalue weighted by atomic mass is 10.1. The molecule has 98 valence electrons. The van der Waals surface area contributed by atoms with E-state index in [0.29, 0.717) is 6.54 Å². The molecule has 18 heavy (non-hydrogen) atoms. The zero-order chi connectivity index (χ0) is 13.3. The zero-order valence-corrected chi connectivity index (χ0v) is 11.1. The van der Waals surface area contributed by atoms with Crippen LogP contribution >= 0.6 is 0 Å². The summed E-state index contributed by atoms with van der Waals surface area (Å²) in [5.74, 6) is 0.0230. The van der Waals surface area contributed by atoms with Crippen molar-refractivity contribution in [2.24, 2.45) is 0 Å². The largest absolute Gasteiger partial charge is 0.376 e. The molecule has 0 fully saturated rings. The highest BCUT2D eigenvalue weighted by molar-refractivity contribution is 5.98. The molecule has 2 unspecified atom stereocenters. The fourth-order valence-electron chi connectivity index (χ4n) is 2.51. The van der Waals surface area contributed by atoms with Crippen LogP contribution in [0.25, 0.3) is 0 Å². The van der Waals surface area contributed by atoms with E-state index >= 15 is 0 Å². The van der Waals surface area contributed by atoms with Gasteiger partial charge in [0.25, 0.3) is 5.91 Å². The van der Waals surface area contributed by atoms with Gasteiger partial charge in [-0.3, -0.25) is 10.1 Å². The Balaban J connectivity index is 2.27. The molecule has 2 rings (SSSR count). The molecule has 0 spiro atoms. The smallest absolute Gasteiger partial charge is 0.254 e. The summed E-state index contributed by atoms with van der Waals surface area (Å²) in [5, 5.41) is 12.7. The van der Waals surface area contributed by atoms with E-state index in [9.17, 15) is 9.90 Å². The third kappa shape index (κ3) is 2.13. The number of likely N-dealkylation sites (N-methyl/N-ethyl adjacent to an activating group) is 1. The summed E-state index contributed by atoms with van der Waals surface area (Å²) in [7, 11) is 1.70. The molecule has 1 aliphatic heterocycles. The first-order valence-electron chi connectivity index (χ1n) is 6.34. The van der Waals surface area contributed by atoms with E-state index in [-0.39, 0.29) is 11.9 Å². The van der Waals surface area contributed by atoms with Gasteiger partial charge in [0.05, 0.1) is 6.04 Å². The molecule has 1 heterocycles. The molecule has 0 saturated carbocycles. The van der Waals surface area contributed by atoms with E-state index in [1.165, 1.54) is 0 Å². The Morgan fingerprint density at radius 2 is 2.22 bits per heavy atom. The molecule has 1 aromatic carbocycles. The van der Waals surface area contributed by atoms with Gasteiger partial charge in [-0.2, -0.15) is 0 Å². The number of hydrogen-bond acceptors (Lipinski definition) is 3. The van der Waals surface area contributed by atoms with Gasteiger partial charge in [-0.15, -0.1) is 0 Å². The zero-order valence-electron chi connectivity index (χ0n) is 11.1. The van der Waals surface area contributed by atoms with Crippen LogP contribution in [-0.4, -0.2) is 35.2 Å². The Hall–Kier alpha value is -1.39. The van der Waals surface area contributed by atoms with Gasteiger partial charge >= 0.3 is 0 Å². The number of nitrogens with zero attached hydrogens (tertiary/aromatic N) is 1. The second kappa shape index (κ2) is 5.08. The highest BCUT2D eigenvalue weighted by atomic mass is 16.3. The summed E-state index contributed by atoms with van der Waals surface area (Å²) in [5.41, 5.74) is 2.91. The maximum atomic E-state index is 12.4. The van der Waals surface area contributed by atoms with E-state index in [4.69, 9.17) is 0 Å². The van der Waals surface area contributed by atoms with Crippen LogP contribution in [0.3, 0.4) is 0 Å². The number of aliphatic hydroxyl groups is 1. The maximum absolute atomic E-state index is 12.4. The molecule has 0 radical (unpaired) electrons. The molecule has 2 N–H and O–H groups in total. The van der Waals surface area contributed by atoms with Crippen molar-refractivity contribution in [1.82, 2.24) is 10.2 Å². The van der Waals surface area contributed by atoms with Gasteiger partial charge in [-0.05, 0) is 32.0 Å². The van der Waals surface area contributed by atoms with Gasteiger partial charge < -0.3 is 10.0 Å². The lowest BCUT2D eigenvalue weighted by molar-refractivity contribution is 0.0257. The van der Waals surface area contributed by atoms with Gasteiger partial charge in [0.1, 0.15) is 6.23 Å². The van der Waals surface area contributed by atoms with E-state index in [2.05, 4.69) is 5.32 Å². The van der Waals surface area contributed by atoms with Crippen LogP contribution in [0.1, 0.15) is 34.8 Å². The number of carbonyl (C=O) groups is 1. The van der Waals surface area contributed by atoms with Crippen molar-refractivity contribution in [3.63, 3.8) is 0 Å². The average Bonchev–Trinajstić information content (AvgIpc) is 2.68. The van der Waals surface area contributed by atoms with Crippen LogP contribution in [0.4, 0.5) is 0 Å². The maximum Gasteiger partial charge on any atom is 0.254 e. The highest BCUT2D eigenvalue weighted by Gasteiger charge is 2.34. The monoisotopic (exact) mass is 248 g/mol. The van der Waals surface area contributed by atoms with Gasteiger partial charge in [-0.1, -0.05) is 24.6 Å². The van der Waals surface area contributed by atoms with Crippen molar-refractivity contribution in [3.05, 3.63) is 34.9 Å². The molecule has 4 nitrogen and oxygen atoms in total. The predicted molar refractivity (Wildman–Crippen MR) is 70.2 cm³/mol. The molecule has 0 saturated heterocycles. The number of hydrogen-bond donors (Lipinski definition) is 2. The number of fused-ring (bicyclic) bond motifs is 1. The molecule has 1 amide bonds. The highest BCUT2D eigenvalue weighted by Crippen LogP contribution is 2.27. The number of aryl methyl sites for hydroxylation is 1. The Morgan fingerprint density at radius 3 is 2.83 bits per heavy atom. The minimum atomic E-state index is -0.686. The lowest BCUT2D eigenvalue weighted by Gasteiger charge is -2.30. The summed E-state index contributed by atoms with van der Waals surface area (Å²) in [6.45, 7) is 4.55. The Morgan fingerprint density at radius 1 is 1.50 bits per heavy atom. The van der Waals surface area contributed by atoms with Crippen molar-refractivity contribution in [3.8, 4) is 0 Å². The number of nitrogens with one attached hydrogen (secondary N) is 1. The minimum Gasteiger partial charge on any atom is -0.376 e. The summed E-state index contributed by atoms with van der Waals surface area (Å²) >= 11 is 0. The lowest BCUT2D eigenvalue weighted by Crippen LogP contribution is -2.48. The van der Waals surface area contributed by atoms with Gasteiger partial charge in [0, 0.05) is 12.1 Å². The SMILES string of the molecule is CCC(C(O)NC)N1Cc2ccc(C)cc2C1=O. The van der Waals surface area contributed by atoms with Crippen molar-refractivity contribution in [1.29, 1.82) is 0 Å². The summed E-state index contributed by atoms with van der Waals surface area (Å²) < 4.78 is 0. The third-order valence-electron chi connectivity index (χ3n) is 3.58. The van der Waals surface area contributed by atoms with Crippen molar-refractivity contribution >= 4 is 5.91 Å². The molecular formula is C14H20N2O2. The number of rotatable bonds is 4. The first-order valence-corrected chi connectivity index (χ1v) is 6.34. The second-order valence-corrected chi connectivity index (χ2v) is 4.80. The number of carbonyl (C=O) groups excluding carboxylic acids is 1. The van der Waals surface area contributed by atoms with Crippen molar-refractivity contribution < 1.29 is 9.90 Å². The Bertz CT molecular complexity index is 459. The van der Waals surface area contributed by atoms with Crippen LogP contribution in [0.15, 0.2) is 18.2 Å². The molecule has 1 aliphatic rings. The molecule has 0 aliphatic carbocycles. The molecule has 0 bridgehead atoms. The van der Waals surface area contributed by atoms with E-state index in [1.54, 1.807) is 11.9 Å². The fourth-order valence-corrected chi connectivity index (χ4v) is 2.51. The van der Waals surface area contributed by atoms with Gasteiger partial charge in [0.2, 0.25) is 0 Å². The molecule has 1 aromatic rings. The average molecular weight is 248 g/mol. The standard InChI is InChI=1S/C14H20N2O2/c1-4-12(13(17)15-3)16-8-10-6-5-9(2)7-11(10)14(16)18/h5-7,12-13,15,17H,4,8H2,1-3H3. The normalized spacial score (nSPS) is 17.8. The van der Waals surface area contributed by atoms with E-state index in [1.807, 2.05) is 32.0 Å². The van der Waals surface area contributed by atoms with Gasteiger partial charge in [-0.25, -0.2) is 0 Å². The van der Waals surface area contributed by atoms with Crippen LogP contribution in [-0.2, 0) is 6.54 Å². The van der Waals surface area contributed by atoms with Crippen LogP contribution in [0.2, 0.25) is 0 Å². The first kappa shape index (κ1) is 13.1. The van der Waals surface area contributed by atoms with Crippen molar-refractivity contribution in [2.45, 2.75) is 39.1 Å². The topological polar surface area (TPSA) is 52.6 Å². The molecular weight excluding hydrogens is 228 g/mol. The summed E-state index contributed by atoms with van der Waals surface area (Å²) in [6.07, 6.45) is 0.0372. The van der Waals surface area contributed by atoms with Crippen LogP contribution in [0.5, 0.6) is 0 Å². The Kier molecular flexibility index (Phi) is 3.68. The summed E-state index contributed by atoms with van der Waals surface area (Å²) in [6, 6.07) is 5.76. The number of aliphatic hydroxyl groups excluding tert-OH is 1. The molecule has 4 heteroatoms. The number of benzene rings is 1.